The van der Waals surface area contributed by atoms with Gasteiger partial charge in [-0.05, 0) is 18.6 Å². The van der Waals surface area contributed by atoms with Crippen molar-refractivity contribution in [3.05, 3.63) is 30.1 Å². The molecule has 0 saturated carbocycles. The third-order valence-corrected chi connectivity index (χ3v) is 4.22. The first-order chi connectivity index (χ1) is 13.4. The van der Waals surface area contributed by atoms with Crippen molar-refractivity contribution in [3.8, 4) is 0 Å². The molecule has 1 aromatic rings. The van der Waals surface area contributed by atoms with Crippen LogP contribution in [-0.2, 0) is 19.2 Å². The molecule has 0 aliphatic carbocycles. The van der Waals surface area contributed by atoms with Gasteiger partial charge in [-0.25, -0.2) is 0 Å². The van der Waals surface area contributed by atoms with Crippen molar-refractivity contribution >= 4 is 23.8 Å². The second-order valence-electron chi connectivity index (χ2n) is 6.24. The number of hydrogen-bond donors (Lipinski definition) is 2. The van der Waals surface area contributed by atoms with Gasteiger partial charge in [-0.3, -0.25) is 24.2 Å². The van der Waals surface area contributed by atoms with E-state index < -0.39 is 17.9 Å². The van der Waals surface area contributed by atoms with Gasteiger partial charge in [0.25, 0.3) is 5.91 Å². The lowest BCUT2D eigenvalue weighted by Crippen LogP contribution is -2.55. The number of piperazine rings is 1. The van der Waals surface area contributed by atoms with E-state index in [0.29, 0.717) is 26.2 Å². The first kappa shape index (κ1) is 21.3. The molecule has 152 valence electrons. The number of pyridine rings is 1. The zero-order valence-electron chi connectivity index (χ0n) is 15.7. The molecule has 0 aromatic carbocycles. The predicted octanol–water partition coefficient (Wildman–Crippen LogP) is 0.0572. The maximum absolute atomic E-state index is 12.8. The van der Waals surface area contributed by atoms with Crippen LogP contribution in [0.25, 0.3) is 0 Å². The Hall–Kier alpha value is -3.01. The zero-order valence-corrected chi connectivity index (χ0v) is 15.7. The molecule has 1 aliphatic heterocycles. The minimum absolute atomic E-state index is 0.0300. The van der Waals surface area contributed by atoms with Crippen molar-refractivity contribution in [1.29, 1.82) is 0 Å². The van der Waals surface area contributed by atoms with E-state index in [0.717, 1.165) is 0 Å². The van der Waals surface area contributed by atoms with Crippen molar-refractivity contribution < 1.29 is 29.1 Å². The maximum atomic E-state index is 12.8. The van der Waals surface area contributed by atoms with Crippen LogP contribution in [0.4, 0.5) is 0 Å². The van der Waals surface area contributed by atoms with Crippen molar-refractivity contribution in [2.24, 2.45) is 0 Å². The van der Waals surface area contributed by atoms with Crippen LogP contribution in [-0.4, -0.2) is 76.0 Å². The van der Waals surface area contributed by atoms with Crippen LogP contribution in [0.3, 0.4) is 0 Å². The molecule has 10 nitrogen and oxygen atoms in total. The smallest absolute Gasteiger partial charge is 0.324 e. The third kappa shape index (κ3) is 6.31. The van der Waals surface area contributed by atoms with Gasteiger partial charge in [-0.15, -0.1) is 5.06 Å². The third-order valence-electron chi connectivity index (χ3n) is 4.22. The first-order valence-corrected chi connectivity index (χ1v) is 9.09. The maximum Gasteiger partial charge on any atom is 0.324 e. The van der Waals surface area contributed by atoms with Gasteiger partial charge < -0.3 is 20.2 Å². The normalized spacial score (nSPS) is 15.5. The van der Waals surface area contributed by atoms with E-state index in [2.05, 4.69) is 10.3 Å². The Labute approximate surface area is 162 Å². The molecule has 1 fully saturated rings. The number of rotatable bonds is 8. The Morgan fingerprint density at radius 1 is 1.21 bits per heavy atom. The number of hydroxylamine groups is 2. The Balaban J connectivity index is 1.98. The minimum Gasteiger partial charge on any atom is -0.481 e. The Morgan fingerprint density at radius 3 is 2.50 bits per heavy atom. The highest BCUT2D eigenvalue weighted by Crippen LogP contribution is 2.09. The number of aromatic nitrogens is 1. The van der Waals surface area contributed by atoms with Crippen molar-refractivity contribution in [1.82, 2.24) is 20.3 Å². The SMILES string of the molecule is CCC(=O)ON1CCN(C(=O)[C@H](CCC(=O)O)NC(=O)c2ccccn2)CC1. The summed E-state index contributed by atoms with van der Waals surface area (Å²) in [7, 11) is 0. The number of nitrogens with one attached hydrogen (secondary N) is 1. The monoisotopic (exact) mass is 392 g/mol. The standard InChI is InChI=1S/C18H24N4O6/c1-2-16(25)28-22-11-9-21(10-12-22)18(27)14(6-7-15(23)24)20-17(26)13-5-3-4-8-19-13/h3-5,8,14H,2,6-7,9-12H2,1H3,(H,20,26)(H,23,24)/t14-/m0/s1. The van der Waals surface area contributed by atoms with Gasteiger partial charge in [0.2, 0.25) is 5.91 Å². The van der Waals surface area contributed by atoms with E-state index in [-0.39, 0.29) is 36.8 Å². The average Bonchev–Trinajstić information content (AvgIpc) is 2.71. The summed E-state index contributed by atoms with van der Waals surface area (Å²) in [4.78, 5) is 58.0. The number of carboxylic acids is 1. The van der Waals surface area contributed by atoms with Crippen LogP contribution in [0.5, 0.6) is 0 Å². The highest BCUT2D eigenvalue weighted by atomic mass is 16.7. The molecule has 1 aliphatic rings. The second-order valence-corrected chi connectivity index (χ2v) is 6.24. The number of carbonyl (C=O) groups is 4. The lowest BCUT2D eigenvalue weighted by molar-refractivity contribution is -0.197. The molecule has 1 atom stereocenters. The molecular weight excluding hydrogens is 368 g/mol. The number of carboxylic acid groups (broad SMARTS) is 1. The van der Waals surface area contributed by atoms with E-state index in [4.69, 9.17) is 9.94 Å². The summed E-state index contributed by atoms with van der Waals surface area (Å²) < 4.78 is 0. The summed E-state index contributed by atoms with van der Waals surface area (Å²) in [5.74, 6) is -2.31. The fourth-order valence-electron chi connectivity index (χ4n) is 2.68. The number of amides is 2. The van der Waals surface area contributed by atoms with Crippen molar-refractivity contribution in [2.45, 2.75) is 32.2 Å². The van der Waals surface area contributed by atoms with E-state index in [1.165, 1.54) is 22.2 Å². The molecule has 2 heterocycles. The molecule has 28 heavy (non-hydrogen) atoms. The van der Waals surface area contributed by atoms with E-state index in [1.807, 2.05) is 0 Å². The van der Waals surface area contributed by atoms with Crippen LogP contribution in [0.15, 0.2) is 24.4 Å². The fraction of sp³-hybridized carbons (Fsp3) is 0.500. The van der Waals surface area contributed by atoms with Gasteiger partial charge >= 0.3 is 11.9 Å². The summed E-state index contributed by atoms with van der Waals surface area (Å²) in [5, 5.41) is 13.0. The topological polar surface area (TPSA) is 129 Å². The van der Waals surface area contributed by atoms with Crippen molar-refractivity contribution in [2.75, 3.05) is 26.2 Å². The highest BCUT2D eigenvalue weighted by molar-refractivity contribution is 5.96. The van der Waals surface area contributed by atoms with Gasteiger partial charge in [0.05, 0.1) is 13.1 Å². The van der Waals surface area contributed by atoms with E-state index >= 15 is 0 Å². The largest absolute Gasteiger partial charge is 0.481 e. The number of hydrogen-bond acceptors (Lipinski definition) is 7. The van der Waals surface area contributed by atoms with Crippen LogP contribution in [0.2, 0.25) is 0 Å². The minimum atomic E-state index is -1.05. The second kappa shape index (κ2) is 10.4. The molecule has 10 heteroatoms. The quantitative estimate of drug-likeness (QED) is 0.635. The zero-order chi connectivity index (χ0) is 20.5. The van der Waals surface area contributed by atoms with Gasteiger partial charge in [0, 0.05) is 32.1 Å². The van der Waals surface area contributed by atoms with Gasteiger partial charge in [-0.1, -0.05) is 13.0 Å². The van der Waals surface area contributed by atoms with E-state index in [1.54, 1.807) is 19.1 Å². The molecule has 1 aromatic heterocycles. The molecule has 0 radical (unpaired) electrons. The van der Waals surface area contributed by atoms with Crippen LogP contribution in [0.1, 0.15) is 36.7 Å². The van der Waals surface area contributed by atoms with Crippen LogP contribution < -0.4 is 5.32 Å². The predicted molar refractivity (Wildman–Crippen MR) is 96.9 cm³/mol. The number of carbonyl (C=O) groups excluding carboxylic acids is 3. The molecule has 2 N–H and O–H groups in total. The van der Waals surface area contributed by atoms with Crippen LogP contribution >= 0.6 is 0 Å². The molecule has 0 unspecified atom stereocenters. The average molecular weight is 392 g/mol. The first-order valence-electron chi connectivity index (χ1n) is 9.09. The molecule has 1 saturated heterocycles. The Kier molecular flexibility index (Phi) is 7.88. The summed E-state index contributed by atoms with van der Waals surface area (Å²) in [6.07, 6.45) is 1.43. The van der Waals surface area contributed by atoms with Crippen LogP contribution in [0, 0.1) is 0 Å². The molecule has 0 spiro atoms. The summed E-state index contributed by atoms with van der Waals surface area (Å²) in [6.45, 7) is 2.99. The lowest BCUT2D eigenvalue weighted by Gasteiger charge is -2.35. The molecule has 0 bridgehead atoms. The van der Waals surface area contributed by atoms with Gasteiger partial charge in [-0.2, -0.15) is 0 Å². The lowest BCUT2D eigenvalue weighted by atomic mass is 10.1. The molecular formula is C18H24N4O6. The Morgan fingerprint density at radius 2 is 1.93 bits per heavy atom. The molecule has 2 amide bonds. The summed E-state index contributed by atoms with van der Waals surface area (Å²) in [5.41, 5.74) is 0.145. The highest BCUT2D eigenvalue weighted by Gasteiger charge is 2.30. The number of nitrogens with zero attached hydrogens (tertiary/aromatic N) is 3. The Bertz CT molecular complexity index is 703. The fourth-order valence-corrected chi connectivity index (χ4v) is 2.68. The number of aliphatic carboxylic acids is 1. The summed E-state index contributed by atoms with van der Waals surface area (Å²) >= 11 is 0. The molecule has 2 rings (SSSR count). The van der Waals surface area contributed by atoms with Crippen molar-refractivity contribution in [3.63, 3.8) is 0 Å². The van der Waals surface area contributed by atoms with Gasteiger partial charge in [0.1, 0.15) is 11.7 Å². The van der Waals surface area contributed by atoms with E-state index in [9.17, 15) is 19.2 Å². The van der Waals surface area contributed by atoms with Gasteiger partial charge in [0.15, 0.2) is 0 Å². The summed E-state index contributed by atoms with van der Waals surface area (Å²) in [6, 6.07) is 3.84.